The zero-order valence-electron chi connectivity index (χ0n) is 16.1. The minimum absolute atomic E-state index is 0.150. The fourth-order valence-electron chi connectivity index (χ4n) is 5.07. The summed E-state index contributed by atoms with van der Waals surface area (Å²) in [4.78, 5) is 14.9. The second kappa shape index (κ2) is 6.59. The van der Waals surface area contributed by atoms with E-state index >= 15 is 0 Å². The summed E-state index contributed by atoms with van der Waals surface area (Å²) in [7, 11) is 0. The molecule has 1 aliphatic carbocycles. The highest BCUT2D eigenvalue weighted by Crippen LogP contribution is 2.37. The number of rotatable bonds is 3. The Hall–Kier alpha value is -1.87. The number of hydrogen-bond donors (Lipinski definition) is 0. The molecule has 4 aliphatic rings. The van der Waals surface area contributed by atoms with Crippen molar-refractivity contribution >= 4 is 23.5 Å². The Kier molecular flexibility index (Phi) is 4.01. The molecule has 0 aromatic carbocycles. The third kappa shape index (κ3) is 2.62. The van der Waals surface area contributed by atoms with Crippen LogP contribution in [0.1, 0.15) is 35.8 Å². The van der Waals surface area contributed by atoms with Crippen LogP contribution in [0, 0.1) is 0 Å². The maximum atomic E-state index is 6.12. The monoisotopic (exact) mass is 399 g/mol. The fraction of sp³-hybridized carbons (Fsp3) is 0.684. The predicted molar refractivity (Wildman–Crippen MR) is 108 cm³/mol. The maximum absolute atomic E-state index is 6.12. The number of aryl methyl sites for hydroxylation is 1. The molecule has 2 aromatic rings. The van der Waals surface area contributed by atoms with Crippen molar-refractivity contribution in [3.05, 3.63) is 23.1 Å². The second-order valence-electron chi connectivity index (χ2n) is 8.21. The fourth-order valence-corrected chi connectivity index (χ4v) is 5.74. The van der Waals surface area contributed by atoms with Crippen molar-refractivity contribution in [2.24, 2.45) is 0 Å². The van der Waals surface area contributed by atoms with Gasteiger partial charge in [-0.25, -0.2) is 9.67 Å². The molecule has 148 valence electrons. The molecule has 3 atom stereocenters. The van der Waals surface area contributed by atoms with E-state index in [0.29, 0.717) is 11.9 Å². The molecule has 5 heterocycles. The number of ether oxygens (including phenoxy) is 1. The Morgan fingerprint density at radius 3 is 3.00 bits per heavy atom. The number of nitrogens with zero attached hydrogens (tertiary/aromatic N) is 7. The van der Waals surface area contributed by atoms with E-state index in [1.807, 2.05) is 18.0 Å². The molecular formula is C19H25N7OS. The highest BCUT2D eigenvalue weighted by atomic mass is 32.2. The molecule has 0 amide bonds. The normalized spacial score (nSPS) is 28.5. The molecule has 0 bridgehead atoms. The number of thioether (sulfide) groups is 1. The Morgan fingerprint density at radius 1 is 1.14 bits per heavy atom. The molecule has 0 N–H and O–H groups in total. The van der Waals surface area contributed by atoms with Crippen molar-refractivity contribution < 1.29 is 4.74 Å². The van der Waals surface area contributed by atoms with E-state index in [1.165, 1.54) is 24.1 Å². The molecule has 8 nitrogen and oxygen atoms in total. The van der Waals surface area contributed by atoms with Crippen LogP contribution in [-0.2, 0) is 24.2 Å². The Balaban J connectivity index is 1.33. The standard InChI is InChI=1S/C19H25N7OS/c1-28-13-5-6-24(8-13)19-21-15-4-2-3-14(15)18(22-19)25-9-16-17(10-25)27-11-12-7-20-23-26(12)16/h7,13,16-17H,2-6,8-11H2,1H3/t13-,16+,17+/m1/s1. The van der Waals surface area contributed by atoms with Gasteiger partial charge in [0.1, 0.15) is 5.82 Å². The number of aromatic nitrogens is 5. The lowest BCUT2D eigenvalue weighted by molar-refractivity contribution is -0.00254. The van der Waals surface area contributed by atoms with E-state index in [1.54, 1.807) is 0 Å². The predicted octanol–water partition coefficient (Wildman–Crippen LogP) is 1.46. The first kappa shape index (κ1) is 17.0. The first-order valence-electron chi connectivity index (χ1n) is 10.2. The van der Waals surface area contributed by atoms with Crippen molar-refractivity contribution in [3.63, 3.8) is 0 Å². The van der Waals surface area contributed by atoms with E-state index in [2.05, 4.69) is 31.0 Å². The summed E-state index contributed by atoms with van der Waals surface area (Å²) in [5.74, 6) is 2.05. The van der Waals surface area contributed by atoms with Gasteiger partial charge in [-0.2, -0.15) is 16.7 Å². The van der Waals surface area contributed by atoms with E-state index < -0.39 is 0 Å². The minimum Gasteiger partial charge on any atom is -0.368 e. The van der Waals surface area contributed by atoms with Gasteiger partial charge >= 0.3 is 0 Å². The van der Waals surface area contributed by atoms with Gasteiger partial charge in [0.15, 0.2) is 0 Å². The Bertz CT molecular complexity index is 902. The van der Waals surface area contributed by atoms with Gasteiger partial charge in [-0.05, 0) is 31.9 Å². The van der Waals surface area contributed by atoms with Crippen LogP contribution in [0.2, 0.25) is 0 Å². The smallest absolute Gasteiger partial charge is 0.227 e. The van der Waals surface area contributed by atoms with Crippen LogP contribution >= 0.6 is 11.8 Å². The maximum Gasteiger partial charge on any atom is 0.227 e. The summed E-state index contributed by atoms with van der Waals surface area (Å²) in [6.45, 7) is 4.44. The van der Waals surface area contributed by atoms with Crippen LogP contribution in [0.25, 0.3) is 0 Å². The number of hydrogen-bond acceptors (Lipinski definition) is 8. The van der Waals surface area contributed by atoms with Crippen LogP contribution < -0.4 is 9.80 Å². The van der Waals surface area contributed by atoms with E-state index in [-0.39, 0.29) is 12.1 Å². The quantitative estimate of drug-likeness (QED) is 0.768. The van der Waals surface area contributed by atoms with Crippen LogP contribution in [0.15, 0.2) is 6.20 Å². The first-order valence-corrected chi connectivity index (χ1v) is 11.5. The van der Waals surface area contributed by atoms with E-state index in [0.717, 1.165) is 56.5 Å². The summed E-state index contributed by atoms with van der Waals surface area (Å²) < 4.78 is 8.17. The summed E-state index contributed by atoms with van der Waals surface area (Å²) in [5, 5.41) is 9.09. The molecule has 3 aliphatic heterocycles. The topological polar surface area (TPSA) is 72.2 Å². The van der Waals surface area contributed by atoms with Gasteiger partial charge in [-0.3, -0.25) is 0 Å². The van der Waals surface area contributed by atoms with Crippen LogP contribution in [-0.4, -0.2) is 68.8 Å². The molecule has 0 saturated carbocycles. The van der Waals surface area contributed by atoms with E-state index in [9.17, 15) is 0 Å². The molecule has 6 rings (SSSR count). The van der Waals surface area contributed by atoms with Gasteiger partial charge < -0.3 is 14.5 Å². The summed E-state index contributed by atoms with van der Waals surface area (Å²) >= 11 is 1.95. The Morgan fingerprint density at radius 2 is 2.11 bits per heavy atom. The lowest BCUT2D eigenvalue weighted by Gasteiger charge is -2.25. The number of anilines is 2. The van der Waals surface area contributed by atoms with Crippen molar-refractivity contribution in [1.29, 1.82) is 0 Å². The lowest BCUT2D eigenvalue weighted by Crippen LogP contribution is -2.32. The van der Waals surface area contributed by atoms with Crippen LogP contribution in [0.5, 0.6) is 0 Å². The van der Waals surface area contributed by atoms with Gasteiger partial charge in [-0.15, -0.1) is 5.10 Å². The Labute approximate surface area is 168 Å². The first-order chi connectivity index (χ1) is 13.8. The number of fused-ring (bicyclic) bond motifs is 4. The van der Waals surface area contributed by atoms with E-state index in [4.69, 9.17) is 14.7 Å². The molecule has 2 saturated heterocycles. The molecule has 0 spiro atoms. The van der Waals surface area contributed by atoms with Gasteiger partial charge in [-0.1, -0.05) is 5.21 Å². The minimum atomic E-state index is 0.150. The van der Waals surface area contributed by atoms with Gasteiger partial charge in [0.05, 0.1) is 36.3 Å². The van der Waals surface area contributed by atoms with Gasteiger partial charge in [0, 0.05) is 37.0 Å². The van der Waals surface area contributed by atoms with Crippen LogP contribution in [0.3, 0.4) is 0 Å². The summed E-state index contributed by atoms with van der Waals surface area (Å²) in [6.07, 6.45) is 8.72. The average Bonchev–Trinajstić information content (AvgIpc) is 3.51. The molecule has 28 heavy (non-hydrogen) atoms. The largest absolute Gasteiger partial charge is 0.368 e. The van der Waals surface area contributed by atoms with Crippen molar-refractivity contribution in [3.8, 4) is 0 Å². The van der Waals surface area contributed by atoms with Crippen LogP contribution in [0.4, 0.5) is 11.8 Å². The molecule has 9 heteroatoms. The summed E-state index contributed by atoms with van der Waals surface area (Å²) in [6, 6.07) is 0.217. The molecule has 2 fully saturated rings. The molecule has 2 aromatic heterocycles. The average molecular weight is 400 g/mol. The third-order valence-electron chi connectivity index (χ3n) is 6.61. The zero-order valence-corrected chi connectivity index (χ0v) is 16.9. The second-order valence-corrected chi connectivity index (χ2v) is 9.35. The van der Waals surface area contributed by atoms with Gasteiger partial charge in [0.25, 0.3) is 0 Å². The highest BCUT2D eigenvalue weighted by molar-refractivity contribution is 7.99. The van der Waals surface area contributed by atoms with Crippen molar-refractivity contribution in [2.75, 3.05) is 42.2 Å². The van der Waals surface area contributed by atoms with Gasteiger partial charge in [0.2, 0.25) is 5.95 Å². The summed E-state index contributed by atoms with van der Waals surface area (Å²) in [5.41, 5.74) is 3.67. The lowest BCUT2D eigenvalue weighted by atomic mass is 10.2. The molecular weight excluding hydrogens is 374 g/mol. The molecule has 0 radical (unpaired) electrons. The highest BCUT2D eigenvalue weighted by Gasteiger charge is 2.41. The van der Waals surface area contributed by atoms with Crippen molar-refractivity contribution in [2.45, 2.75) is 49.7 Å². The van der Waals surface area contributed by atoms with Crippen molar-refractivity contribution in [1.82, 2.24) is 25.0 Å². The third-order valence-corrected chi connectivity index (χ3v) is 7.66. The zero-order chi connectivity index (χ0) is 18.7. The molecule has 0 unspecified atom stereocenters. The SMILES string of the molecule is CS[C@@H]1CCN(c2nc3c(c(N4C[C@@H]5OCc6cnnn6[C@H]5C4)n2)CCC3)C1.